The van der Waals surface area contributed by atoms with Crippen LogP contribution >= 0.6 is 0 Å². The second-order valence-corrected chi connectivity index (χ2v) is 4.76. The minimum Gasteiger partial charge on any atom is -0.337 e. The predicted octanol–water partition coefficient (Wildman–Crippen LogP) is 3.99. The van der Waals surface area contributed by atoms with E-state index >= 15 is 0 Å². The Kier molecular flexibility index (Phi) is 2.95. The smallest absolute Gasteiger partial charge is 0.190 e. The lowest BCUT2D eigenvalue weighted by Gasteiger charge is -2.00. The first-order valence-corrected chi connectivity index (χ1v) is 6.41. The van der Waals surface area contributed by atoms with Gasteiger partial charge in [-0.25, -0.2) is 4.98 Å². The number of carbonyl (C=O) groups is 1. The minimum absolute atomic E-state index is 0.0566. The SMILES string of the molecule is C=C(C)C(=O)c1cccc2nc(-c3ccccc3)[nH]c12. The molecule has 0 aliphatic carbocycles. The molecule has 1 N–H and O–H groups in total. The summed E-state index contributed by atoms with van der Waals surface area (Å²) in [6.45, 7) is 5.44. The predicted molar refractivity (Wildman–Crippen MR) is 80.7 cm³/mol. The molecule has 0 spiro atoms. The maximum absolute atomic E-state index is 12.2. The van der Waals surface area contributed by atoms with Crippen molar-refractivity contribution in [2.45, 2.75) is 6.92 Å². The summed E-state index contributed by atoms with van der Waals surface area (Å²) in [6, 6.07) is 15.4. The molecule has 0 unspecified atom stereocenters. The third kappa shape index (κ3) is 2.03. The molecule has 0 aliphatic heterocycles. The molecule has 20 heavy (non-hydrogen) atoms. The molecule has 0 bridgehead atoms. The molecule has 0 amide bonds. The summed E-state index contributed by atoms with van der Waals surface area (Å²) in [4.78, 5) is 19.9. The Hall–Kier alpha value is -2.68. The van der Waals surface area contributed by atoms with Crippen molar-refractivity contribution in [3.63, 3.8) is 0 Å². The van der Waals surface area contributed by atoms with Gasteiger partial charge in [-0.15, -0.1) is 0 Å². The molecule has 3 heteroatoms. The quantitative estimate of drug-likeness (QED) is 0.573. The van der Waals surface area contributed by atoms with Gasteiger partial charge in [0.05, 0.1) is 11.0 Å². The molecule has 0 aliphatic rings. The molecule has 1 heterocycles. The zero-order valence-electron chi connectivity index (χ0n) is 11.2. The number of carbonyl (C=O) groups excluding carboxylic acids is 1. The highest BCUT2D eigenvalue weighted by molar-refractivity contribution is 6.14. The molecule has 1 aromatic heterocycles. The Morgan fingerprint density at radius 3 is 2.55 bits per heavy atom. The van der Waals surface area contributed by atoms with Gasteiger partial charge >= 0.3 is 0 Å². The van der Waals surface area contributed by atoms with Crippen LogP contribution in [0.2, 0.25) is 0 Å². The lowest BCUT2D eigenvalue weighted by Crippen LogP contribution is -2.00. The maximum atomic E-state index is 12.2. The first-order valence-electron chi connectivity index (χ1n) is 6.41. The number of aromatic nitrogens is 2. The van der Waals surface area contributed by atoms with Crippen LogP contribution in [0.25, 0.3) is 22.4 Å². The number of fused-ring (bicyclic) bond motifs is 1. The second kappa shape index (κ2) is 4.78. The first kappa shape index (κ1) is 12.4. The van der Waals surface area contributed by atoms with E-state index in [0.29, 0.717) is 11.1 Å². The van der Waals surface area contributed by atoms with Gasteiger partial charge in [0.15, 0.2) is 5.78 Å². The van der Waals surface area contributed by atoms with Crippen molar-refractivity contribution in [3.05, 3.63) is 66.2 Å². The number of Topliss-reactive ketones (excluding diaryl/α,β-unsaturated/α-hetero) is 1. The molecule has 0 saturated heterocycles. The van der Waals surface area contributed by atoms with E-state index in [0.717, 1.165) is 22.4 Å². The highest BCUT2D eigenvalue weighted by Gasteiger charge is 2.14. The molecular formula is C17H14N2O. The zero-order valence-corrected chi connectivity index (χ0v) is 11.2. The number of H-pyrrole nitrogens is 1. The number of benzene rings is 2. The third-order valence-electron chi connectivity index (χ3n) is 3.20. The van der Waals surface area contributed by atoms with Gasteiger partial charge in [-0.05, 0) is 24.6 Å². The number of allylic oxidation sites excluding steroid dienone is 1. The van der Waals surface area contributed by atoms with E-state index in [9.17, 15) is 4.79 Å². The Morgan fingerprint density at radius 2 is 1.85 bits per heavy atom. The molecule has 3 aromatic rings. The van der Waals surface area contributed by atoms with E-state index in [2.05, 4.69) is 16.5 Å². The van der Waals surface area contributed by atoms with Crippen LogP contribution in [-0.4, -0.2) is 15.8 Å². The molecule has 0 fully saturated rings. The molecule has 0 atom stereocenters. The fourth-order valence-electron chi connectivity index (χ4n) is 2.18. The van der Waals surface area contributed by atoms with E-state index in [1.165, 1.54) is 0 Å². The fraction of sp³-hybridized carbons (Fsp3) is 0.0588. The summed E-state index contributed by atoms with van der Waals surface area (Å²) in [5.41, 5.74) is 3.69. The van der Waals surface area contributed by atoms with Crippen LogP contribution in [0.3, 0.4) is 0 Å². The molecular weight excluding hydrogens is 248 g/mol. The van der Waals surface area contributed by atoms with Crippen LogP contribution in [0.5, 0.6) is 0 Å². The van der Waals surface area contributed by atoms with E-state index in [1.807, 2.05) is 42.5 Å². The van der Waals surface area contributed by atoms with Gasteiger partial charge < -0.3 is 4.98 Å². The van der Waals surface area contributed by atoms with Gasteiger partial charge in [0, 0.05) is 11.1 Å². The van der Waals surface area contributed by atoms with E-state index < -0.39 is 0 Å². The highest BCUT2D eigenvalue weighted by atomic mass is 16.1. The zero-order chi connectivity index (χ0) is 14.1. The van der Waals surface area contributed by atoms with Gasteiger partial charge in [0.2, 0.25) is 0 Å². The standard InChI is InChI=1S/C17H14N2O/c1-11(2)16(20)13-9-6-10-14-15(13)19-17(18-14)12-7-4-3-5-8-12/h3-10H,1H2,2H3,(H,18,19). The molecule has 98 valence electrons. The molecule has 3 nitrogen and oxygen atoms in total. The van der Waals surface area contributed by atoms with Crippen molar-refractivity contribution in [3.8, 4) is 11.4 Å². The van der Waals surface area contributed by atoms with E-state index in [-0.39, 0.29) is 5.78 Å². The first-order chi connectivity index (χ1) is 9.66. The van der Waals surface area contributed by atoms with Gasteiger partial charge in [-0.1, -0.05) is 43.0 Å². The summed E-state index contributed by atoms with van der Waals surface area (Å²) >= 11 is 0. The largest absolute Gasteiger partial charge is 0.337 e. The van der Waals surface area contributed by atoms with E-state index in [4.69, 9.17) is 0 Å². The van der Waals surface area contributed by atoms with Gasteiger partial charge in [-0.3, -0.25) is 4.79 Å². The van der Waals surface area contributed by atoms with Crippen LogP contribution < -0.4 is 0 Å². The number of para-hydroxylation sites is 1. The van der Waals surface area contributed by atoms with Gasteiger partial charge in [0.1, 0.15) is 5.82 Å². The van der Waals surface area contributed by atoms with Crippen LogP contribution in [0.4, 0.5) is 0 Å². The number of imidazole rings is 1. The molecule has 0 radical (unpaired) electrons. The van der Waals surface area contributed by atoms with Crippen LogP contribution in [0, 0.1) is 0 Å². The summed E-state index contributed by atoms with van der Waals surface area (Å²) in [5.74, 6) is 0.710. The Labute approximate surface area is 117 Å². The summed E-state index contributed by atoms with van der Waals surface area (Å²) in [5, 5.41) is 0. The number of hydrogen-bond donors (Lipinski definition) is 1. The third-order valence-corrected chi connectivity index (χ3v) is 3.20. The van der Waals surface area contributed by atoms with E-state index in [1.54, 1.807) is 13.0 Å². The summed E-state index contributed by atoms with van der Waals surface area (Å²) in [7, 11) is 0. The number of ketones is 1. The number of aromatic amines is 1. The van der Waals surface area contributed by atoms with Crippen molar-refractivity contribution in [2.75, 3.05) is 0 Å². The lowest BCUT2D eigenvalue weighted by atomic mass is 10.0. The van der Waals surface area contributed by atoms with Crippen molar-refractivity contribution in [1.29, 1.82) is 0 Å². The topological polar surface area (TPSA) is 45.8 Å². The monoisotopic (exact) mass is 262 g/mol. The van der Waals surface area contributed by atoms with Gasteiger partial charge in [0.25, 0.3) is 0 Å². The fourth-order valence-corrected chi connectivity index (χ4v) is 2.18. The maximum Gasteiger partial charge on any atom is 0.190 e. The van der Waals surface area contributed by atoms with Gasteiger partial charge in [-0.2, -0.15) is 0 Å². The van der Waals surface area contributed by atoms with Crippen molar-refractivity contribution >= 4 is 16.8 Å². The number of rotatable bonds is 3. The Bertz CT molecular complexity index is 800. The highest BCUT2D eigenvalue weighted by Crippen LogP contribution is 2.23. The Morgan fingerprint density at radius 1 is 1.10 bits per heavy atom. The summed E-state index contributed by atoms with van der Waals surface area (Å²) in [6.07, 6.45) is 0. The number of nitrogens with zero attached hydrogens (tertiary/aromatic N) is 1. The Balaban J connectivity index is 2.19. The van der Waals surface area contributed by atoms with Crippen LogP contribution in [0.1, 0.15) is 17.3 Å². The second-order valence-electron chi connectivity index (χ2n) is 4.76. The van der Waals surface area contributed by atoms with Crippen molar-refractivity contribution in [2.24, 2.45) is 0 Å². The molecule has 3 rings (SSSR count). The average molecular weight is 262 g/mol. The lowest BCUT2D eigenvalue weighted by molar-refractivity contribution is 0.103. The van der Waals surface area contributed by atoms with Crippen molar-refractivity contribution < 1.29 is 4.79 Å². The molecule has 0 saturated carbocycles. The van der Waals surface area contributed by atoms with Crippen molar-refractivity contribution in [1.82, 2.24) is 9.97 Å². The number of nitrogens with one attached hydrogen (secondary N) is 1. The minimum atomic E-state index is -0.0566. The summed E-state index contributed by atoms with van der Waals surface area (Å²) < 4.78 is 0. The molecule has 2 aromatic carbocycles. The van der Waals surface area contributed by atoms with Crippen LogP contribution in [0.15, 0.2) is 60.7 Å². The average Bonchev–Trinajstić information content (AvgIpc) is 2.91. The normalized spacial score (nSPS) is 10.7. The van der Waals surface area contributed by atoms with Crippen LogP contribution in [-0.2, 0) is 0 Å². The number of hydrogen-bond acceptors (Lipinski definition) is 2.